The Kier molecular flexibility index (Phi) is 4.92. The Bertz CT molecular complexity index is 296. The second-order valence-electron chi connectivity index (χ2n) is 4.12. The monoisotopic (exact) mass is 248 g/mol. The van der Waals surface area contributed by atoms with Crippen LogP contribution in [0.25, 0.3) is 0 Å². The molecule has 1 atom stereocenters. The van der Waals surface area contributed by atoms with E-state index < -0.39 is 7.59 Å². The van der Waals surface area contributed by atoms with Crippen LogP contribution in [0.15, 0.2) is 5.10 Å². The average Bonchev–Trinajstić information content (AvgIpc) is 2.26. The van der Waals surface area contributed by atoms with Crippen molar-refractivity contribution in [2.75, 3.05) is 40.4 Å². The maximum absolute atomic E-state index is 12.8. The number of hydrogen-bond donors (Lipinski definition) is 1. The molecule has 0 radical (unpaired) electrons. The molecule has 1 aliphatic heterocycles. The first-order valence-corrected chi connectivity index (χ1v) is 6.97. The molecule has 1 aliphatic rings. The van der Waals surface area contributed by atoms with Crippen LogP contribution in [0.2, 0.25) is 0 Å². The highest BCUT2D eigenvalue weighted by molar-refractivity contribution is 7.56. The molecule has 0 aromatic heterocycles. The molecular formula is C9H21N4O2P. The van der Waals surface area contributed by atoms with Crippen LogP contribution >= 0.6 is 7.59 Å². The number of rotatable bonds is 4. The number of ether oxygens (including phenoxy) is 1. The Hall–Kier alpha value is -0.420. The van der Waals surface area contributed by atoms with Crippen molar-refractivity contribution in [1.82, 2.24) is 14.5 Å². The van der Waals surface area contributed by atoms with Crippen molar-refractivity contribution in [1.29, 1.82) is 0 Å². The minimum atomic E-state index is -2.77. The van der Waals surface area contributed by atoms with Gasteiger partial charge >= 0.3 is 7.59 Å². The summed E-state index contributed by atoms with van der Waals surface area (Å²) >= 11 is 0. The normalized spacial score (nSPS) is 21.6. The lowest BCUT2D eigenvalue weighted by Crippen LogP contribution is -2.40. The zero-order valence-electron chi connectivity index (χ0n) is 10.4. The Balaban J connectivity index is 2.78. The molecule has 1 saturated heterocycles. The van der Waals surface area contributed by atoms with Gasteiger partial charge in [0, 0.05) is 18.8 Å². The summed E-state index contributed by atoms with van der Waals surface area (Å²) in [7, 11) is 0.819. The molecule has 0 aromatic carbocycles. The smallest absolute Gasteiger partial charge is 0.323 e. The van der Waals surface area contributed by atoms with E-state index in [9.17, 15) is 4.57 Å². The van der Waals surface area contributed by atoms with E-state index in [-0.39, 0.29) is 0 Å². The maximum Gasteiger partial charge on any atom is 0.323 e. The Labute approximate surface area is 97.2 Å². The summed E-state index contributed by atoms with van der Waals surface area (Å²) < 4.78 is 21.6. The fraction of sp³-hybridized carbons (Fsp3) is 0.889. The van der Waals surface area contributed by atoms with Gasteiger partial charge in [0.2, 0.25) is 0 Å². The molecule has 0 amide bonds. The van der Waals surface area contributed by atoms with Gasteiger partial charge in [-0.1, -0.05) is 0 Å². The van der Waals surface area contributed by atoms with Crippen LogP contribution in [0, 0.1) is 0 Å². The Morgan fingerprint density at radius 2 is 1.94 bits per heavy atom. The lowest BCUT2D eigenvalue weighted by molar-refractivity contribution is 0.0688. The summed E-state index contributed by atoms with van der Waals surface area (Å²) in [6, 6.07) is 0. The number of hydrazone groups is 1. The van der Waals surface area contributed by atoms with E-state index in [1.54, 1.807) is 18.8 Å². The van der Waals surface area contributed by atoms with Crippen LogP contribution in [-0.2, 0) is 9.30 Å². The zero-order chi connectivity index (χ0) is 12.2. The van der Waals surface area contributed by atoms with E-state index in [0.717, 1.165) is 5.71 Å². The van der Waals surface area contributed by atoms with Crippen LogP contribution in [0.1, 0.15) is 13.8 Å². The van der Waals surface area contributed by atoms with E-state index in [1.807, 2.05) is 18.5 Å². The predicted octanol–water partition coefficient (Wildman–Crippen LogP) is 0.974. The SMILES string of the molecule is CC(C)=NNP(=O)(N(C)C)N1CCOCC1. The number of nitrogens with one attached hydrogen (secondary N) is 1. The van der Waals surface area contributed by atoms with E-state index in [0.29, 0.717) is 26.3 Å². The fourth-order valence-corrected chi connectivity index (χ4v) is 3.24. The van der Waals surface area contributed by atoms with E-state index in [4.69, 9.17) is 4.74 Å². The number of nitrogens with zero attached hydrogens (tertiary/aromatic N) is 3. The van der Waals surface area contributed by atoms with Gasteiger partial charge in [0.25, 0.3) is 0 Å². The third-order valence-electron chi connectivity index (χ3n) is 2.32. The summed E-state index contributed by atoms with van der Waals surface area (Å²) in [6.45, 7) is 6.31. The summed E-state index contributed by atoms with van der Waals surface area (Å²) in [4.78, 5) is 0. The topological polar surface area (TPSA) is 57.2 Å². The van der Waals surface area contributed by atoms with Crippen molar-refractivity contribution < 1.29 is 9.30 Å². The molecule has 0 spiro atoms. The fourth-order valence-electron chi connectivity index (χ4n) is 1.40. The van der Waals surface area contributed by atoms with Crippen LogP contribution in [0.3, 0.4) is 0 Å². The molecule has 0 bridgehead atoms. The van der Waals surface area contributed by atoms with Gasteiger partial charge in [-0.15, -0.1) is 0 Å². The Morgan fingerprint density at radius 1 is 1.38 bits per heavy atom. The molecular weight excluding hydrogens is 227 g/mol. The summed E-state index contributed by atoms with van der Waals surface area (Å²) in [5.74, 6) is 0. The van der Waals surface area contributed by atoms with Gasteiger partial charge in [0.15, 0.2) is 0 Å². The van der Waals surface area contributed by atoms with Crippen molar-refractivity contribution in [3.8, 4) is 0 Å². The van der Waals surface area contributed by atoms with E-state index in [2.05, 4.69) is 10.3 Å². The van der Waals surface area contributed by atoms with Gasteiger partial charge < -0.3 is 4.74 Å². The Morgan fingerprint density at radius 3 is 2.38 bits per heavy atom. The average molecular weight is 248 g/mol. The molecule has 7 heteroatoms. The third-order valence-corrected chi connectivity index (χ3v) is 4.93. The second-order valence-corrected chi connectivity index (χ2v) is 6.77. The molecule has 1 heterocycles. The summed E-state index contributed by atoms with van der Waals surface area (Å²) in [5.41, 5.74) is 0.857. The number of morpholine rings is 1. The highest BCUT2D eigenvalue weighted by Crippen LogP contribution is 2.47. The standard InChI is InChI=1S/C9H21N4O2P/c1-9(2)10-11-16(14,12(3)4)13-5-7-15-8-6-13/h5-8H2,1-4H3,(H,11,14). The first-order valence-electron chi connectivity index (χ1n) is 5.36. The predicted molar refractivity (Wildman–Crippen MR) is 65.6 cm³/mol. The van der Waals surface area contributed by atoms with Crippen molar-refractivity contribution in [3.63, 3.8) is 0 Å². The summed E-state index contributed by atoms with van der Waals surface area (Å²) in [5, 5.41) is 6.88. The molecule has 1 N–H and O–H groups in total. The highest BCUT2D eigenvalue weighted by Gasteiger charge is 2.34. The molecule has 0 saturated carbocycles. The molecule has 6 nitrogen and oxygen atoms in total. The second kappa shape index (κ2) is 5.77. The van der Waals surface area contributed by atoms with Crippen LogP contribution in [0.5, 0.6) is 0 Å². The van der Waals surface area contributed by atoms with Crippen molar-refractivity contribution >= 4 is 13.3 Å². The first-order chi connectivity index (χ1) is 7.47. The van der Waals surface area contributed by atoms with Gasteiger partial charge in [-0.25, -0.2) is 14.5 Å². The molecule has 1 rings (SSSR count). The molecule has 1 fully saturated rings. The first kappa shape index (κ1) is 13.6. The number of hydrogen-bond acceptors (Lipinski definition) is 3. The van der Waals surface area contributed by atoms with Gasteiger partial charge in [-0.3, -0.25) is 4.57 Å². The van der Waals surface area contributed by atoms with Gasteiger partial charge in [0.05, 0.1) is 13.2 Å². The van der Waals surface area contributed by atoms with Gasteiger partial charge in [-0.2, -0.15) is 5.10 Å². The zero-order valence-corrected chi connectivity index (χ0v) is 11.3. The van der Waals surface area contributed by atoms with Crippen molar-refractivity contribution in [2.45, 2.75) is 13.8 Å². The lowest BCUT2D eigenvalue weighted by Gasteiger charge is -2.36. The maximum atomic E-state index is 12.8. The highest BCUT2D eigenvalue weighted by atomic mass is 31.2. The van der Waals surface area contributed by atoms with Crippen molar-refractivity contribution in [3.05, 3.63) is 0 Å². The molecule has 1 unspecified atom stereocenters. The van der Waals surface area contributed by atoms with Crippen LogP contribution in [0.4, 0.5) is 0 Å². The van der Waals surface area contributed by atoms with Gasteiger partial charge in [-0.05, 0) is 27.9 Å². The third kappa shape index (κ3) is 3.28. The van der Waals surface area contributed by atoms with Crippen LogP contribution < -0.4 is 5.20 Å². The lowest BCUT2D eigenvalue weighted by atomic mass is 10.5. The minimum absolute atomic E-state index is 0.619. The molecule has 94 valence electrons. The quantitative estimate of drug-likeness (QED) is 0.456. The van der Waals surface area contributed by atoms with E-state index >= 15 is 0 Å². The van der Waals surface area contributed by atoms with Crippen LogP contribution in [-0.4, -0.2) is 55.5 Å². The van der Waals surface area contributed by atoms with E-state index in [1.165, 1.54) is 0 Å². The summed E-state index contributed by atoms with van der Waals surface area (Å²) in [6.07, 6.45) is 0. The van der Waals surface area contributed by atoms with Gasteiger partial charge in [0.1, 0.15) is 0 Å². The minimum Gasteiger partial charge on any atom is -0.379 e. The molecule has 0 aromatic rings. The van der Waals surface area contributed by atoms with Crippen molar-refractivity contribution in [2.24, 2.45) is 5.10 Å². The largest absolute Gasteiger partial charge is 0.379 e. The molecule has 0 aliphatic carbocycles. The molecule has 16 heavy (non-hydrogen) atoms.